The number of aryl methyl sites for hydroxylation is 1. The molecule has 1 N–H and O–H groups in total. The number of fused-ring (bicyclic) bond motifs is 5. The monoisotopic (exact) mass is 477 g/mol. The predicted octanol–water partition coefficient (Wildman–Crippen LogP) is 2.71. The molecule has 9 heteroatoms. The van der Waals surface area contributed by atoms with E-state index < -0.39 is 29.3 Å². The van der Waals surface area contributed by atoms with Gasteiger partial charge in [-0.2, -0.15) is 0 Å². The Morgan fingerprint density at radius 3 is 2.54 bits per heavy atom. The molecular weight excluding hydrogens is 446 g/mol. The van der Waals surface area contributed by atoms with Gasteiger partial charge in [0.25, 0.3) is 5.56 Å². The molecule has 0 unspecified atom stereocenters. The molecule has 0 radical (unpaired) electrons. The van der Waals surface area contributed by atoms with E-state index in [-0.39, 0.29) is 18.0 Å². The molecule has 1 spiro atoms. The van der Waals surface area contributed by atoms with E-state index in [1.54, 1.807) is 12.3 Å². The van der Waals surface area contributed by atoms with E-state index in [9.17, 15) is 19.2 Å². The minimum absolute atomic E-state index is 0.0343. The summed E-state index contributed by atoms with van der Waals surface area (Å²) in [6, 6.07) is 2.45. The van der Waals surface area contributed by atoms with Crippen molar-refractivity contribution in [3.05, 3.63) is 39.8 Å². The van der Waals surface area contributed by atoms with Gasteiger partial charge in [0.2, 0.25) is 11.8 Å². The number of nitrogens with one attached hydrogen (secondary N) is 1. The van der Waals surface area contributed by atoms with Crippen LogP contribution in [0.5, 0.6) is 0 Å². The average molecular weight is 478 g/mol. The number of hydrogen-bond acceptors (Lipinski definition) is 6. The Morgan fingerprint density at radius 1 is 1.00 bits per heavy atom. The third-order valence-electron chi connectivity index (χ3n) is 8.55. The number of aromatic nitrogens is 2. The Kier molecular flexibility index (Phi) is 5.19. The maximum atomic E-state index is 14.3. The second-order valence-corrected chi connectivity index (χ2v) is 10.5. The van der Waals surface area contributed by atoms with Crippen molar-refractivity contribution in [1.82, 2.24) is 19.6 Å². The molecule has 9 nitrogen and oxygen atoms in total. The van der Waals surface area contributed by atoms with E-state index >= 15 is 0 Å². The Bertz CT molecular complexity index is 1300. The molecule has 3 fully saturated rings. The summed E-state index contributed by atoms with van der Waals surface area (Å²) in [5.41, 5.74) is 0.0974. The van der Waals surface area contributed by atoms with Gasteiger partial charge in [0.15, 0.2) is 5.41 Å². The lowest BCUT2D eigenvalue weighted by atomic mass is 9.67. The summed E-state index contributed by atoms with van der Waals surface area (Å²) in [5, 5.41) is 2.54. The standard InChI is InChI=1S/C26H31N5O4/c1-16-9-8-14-30-20(16)27-21-18(22(30)32)15-26(19-12-6-3-7-13-29(19)21)23(33)28-25(35)31(24(26)34)17-10-4-2-5-11-17/h8-9,14,17,19H,2-7,10-13,15H2,1H3,(H,28,33,35)/t19-,26+/m1/s1. The van der Waals surface area contributed by atoms with Crippen molar-refractivity contribution in [1.29, 1.82) is 0 Å². The first-order valence-electron chi connectivity index (χ1n) is 12.9. The van der Waals surface area contributed by atoms with E-state index in [2.05, 4.69) is 5.32 Å². The summed E-state index contributed by atoms with van der Waals surface area (Å²) in [6.45, 7) is 2.54. The highest BCUT2D eigenvalue weighted by Gasteiger charge is 2.63. The normalized spacial score (nSPS) is 27.6. The molecule has 2 saturated heterocycles. The van der Waals surface area contributed by atoms with Gasteiger partial charge in [0.05, 0.1) is 11.6 Å². The van der Waals surface area contributed by atoms with Crippen molar-refractivity contribution in [2.75, 3.05) is 11.4 Å². The predicted molar refractivity (Wildman–Crippen MR) is 129 cm³/mol. The fraction of sp³-hybridized carbons (Fsp3) is 0.577. The van der Waals surface area contributed by atoms with Crippen molar-refractivity contribution >= 4 is 29.3 Å². The van der Waals surface area contributed by atoms with Crippen LogP contribution in [0.15, 0.2) is 23.1 Å². The minimum Gasteiger partial charge on any atom is -0.352 e. The molecular formula is C26H31N5O4. The van der Waals surface area contributed by atoms with Crippen LogP contribution in [-0.2, 0) is 16.0 Å². The first-order valence-corrected chi connectivity index (χ1v) is 12.9. The van der Waals surface area contributed by atoms with Crippen molar-refractivity contribution in [3.8, 4) is 0 Å². The number of barbiturate groups is 1. The average Bonchev–Trinajstić information content (AvgIpc) is 3.11. The van der Waals surface area contributed by atoms with Gasteiger partial charge >= 0.3 is 6.03 Å². The van der Waals surface area contributed by atoms with Gasteiger partial charge in [-0.25, -0.2) is 9.78 Å². The van der Waals surface area contributed by atoms with Crippen molar-refractivity contribution in [3.63, 3.8) is 0 Å². The quantitative estimate of drug-likeness (QED) is 0.634. The van der Waals surface area contributed by atoms with Crippen LogP contribution < -0.4 is 15.8 Å². The molecule has 2 aromatic rings. The molecule has 35 heavy (non-hydrogen) atoms. The topological polar surface area (TPSA) is 104 Å². The number of hydrogen-bond donors (Lipinski definition) is 1. The molecule has 4 amide bonds. The number of imide groups is 2. The SMILES string of the molecule is Cc1cccn2c(=O)c3c(nc12)N1CCCCC[C@@H]1[C@@]1(C3)C(=O)NC(=O)N(C2CCCCC2)C1=O. The van der Waals surface area contributed by atoms with Crippen LogP contribution in [0.2, 0.25) is 0 Å². The highest BCUT2D eigenvalue weighted by Crippen LogP contribution is 2.46. The van der Waals surface area contributed by atoms with Gasteiger partial charge in [-0.15, -0.1) is 0 Å². The maximum Gasteiger partial charge on any atom is 0.331 e. The van der Waals surface area contributed by atoms with Gasteiger partial charge in [-0.05, 0) is 44.2 Å². The van der Waals surface area contributed by atoms with Crippen LogP contribution in [0.1, 0.15) is 68.9 Å². The van der Waals surface area contributed by atoms with Gasteiger partial charge in [-0.3, -0.25) is 29.0 Å². The number of carbonyl (C=O) groups excluding carboxylic acids is 3. The van der Waals surface area contributed by atoms with Crippen LogP contribution in [0.25, 0.3) is 5.65 Å². The highest BCUT2D eigenvalue weighted by molar-refractivity contribution is 6.20. The van der Waals surface area contributed by atoms with E-state index in [4.69, 9.17) is 4.98 Å². The van der Waals surface area contributed by atoms with E-state index in [1.165, 1.54) is 9.30 Å². The van der Waals surface area contributed by atoms with Crippen LogP contribution in [0.4, 0.5) is 10.6 Å². The number of anilines is 1. The molecule has 1 aliphatic carbocycles. The summed E-state index contributed by atoms with van der Waals surface area (Å²) in [4.78, 5) is 63.0. The fourth-order valence-electron chi connectivity index (χ4n) is 6.78. The van der Waals surface area contributed by atoms with Crippen molar-refractivity contribution in [2.24, 2.45) is 5.41 Å². The largest absolute Gasteiger partial charge is 0.352 e. The molecule has 3 aliphatic heterocycles. The van der Waals surface area contributed by atoms with Gasteiger partial charge < -0.3 is 4.90 Å². The summed E-state index contributed by atoms with van der Waals surface area (Å²) in [6.07, 6.45) is 9.53. The van der Waals surface area contributed by atoms with Crippen molar-refractivity contribution < 1.29 is 14.4 Å². The number of carbonyl (C=O) groups is 3. The van der Waals surface area contributed by atoms with E-state index in [0.717, 1.165) is 56.9 Å². The molecule has 2 aromatic heterocycles. The highest BCUT2D eigenvalue weighted by atomic mass is 16.2. The lowest BCUT2D eigenvalue weighted by molar-refractivity contribution is -0.155. The molecule has 0 bridgehead atoms. The molecule has 5 heterocycles. The van der Waals surface area contributed by atoms with Crippen LogP contribution in [-0.4, -0.2) is 50.8 Å². The van der Waals surface area contributed by atoms with E-state index in [1.807, 2.05) is 17.9 Å². The molecule has 184 valence electrons. The van der Waals surface area contributed by atoms with Crippen LogP contribution >= 0.6 is 0 Å². The molecule has 2 atom stereocenters. The molecule has 6 rings (SSSR count). The summed E-state index contributed by atoms with van der Waals surface area (Å²) < 4.78 is 1.51. The second-order valence-electron chi connectivity index (χ2n) is 10.5. The number of amides is 4. The Morgan fingerprint density at radius 2 is 1.74 bits per heavy atom. The minimum atomic E-state index is -1.51. The third-order valence-corrected chi connectivity index (χ3v) is 8.55. The van der Waals surface area contributed by atoms with Crippen molar-refractivity contribution in [2.45, 2.75) is 83.2 Å². The molecule has 1 saturated carbocycles. The molecule has 4 aliphatic rings. The first kappa shape index (κ1) is 22.2. The number of urea groups is 1. The van der Waals surface area contributed by atoms with Gasteiger partial charge in [0.1, 0.15) is 11.5 Å². The zero-order chi connectivity index (χ0) is 24.3. The first-order chi connectivity index (χ1) is 16.9. The number of nitrogens with zero attached hydrogens (tertiary/aromatic N) is 4. The summed E-state index contributed by atoms with van der Waals surface area (Å²) in [5.74, 6) is -0.422. The maximum absolute atomic E-state index is 14.3. The summed E-state index contributed by atoms with van der Waals surface area (Å²) >= 11 is 0. The summed E-state index contributed by atoms with van der Waals surface area (Å²) in [7, 11) is 0. The Hall–Kier alpha value is -3.23. The zero-order valence-electron chi connectivity index (χ0n) is 20.1. The fourth-order valence-corrected chi connectivity index (χ4v) is 6.78. The van der Waals surface area contributed by atoms with Crippen LogP contribution in [0.3, 0.4) is 0 Å². The second kappa shape index (κ2) is 8.17. The van der Waals surface area contributed by atoms with E-state index in [0.29, 0.717) is 30.0 Å². The zero-order valence-corrected chi connectivity index (χ0v) is 20.1. The smallest absolute Gasteiger partial charge is 0.331 e. The van der Waals surface area contributed by atoms with Gasteiger partial charge in [0, 0.05) is 25.2 Å². The van der Waals surface area contributed by atoms with Gasteiger partial charge in [-0.1, -0.05) is 38.2 Å². The third kappa shape index (κ3) is 3.16. The number of pyridine rings is 1. The Balaban J connectivity index is 1.56. The lowest BCUT2D eigenvalue weighted by Gasteiger charge is -2.52. The molecule has 0 aromatic carbocycles. The Labute approximate surface area is 203 Å². The lowest BCUT2D eigenvalue weighted by Crippen LogP contribution is -2.73. The van der Waals surface area contributed by atoms with Crippen LogP contribution in [0, 0.1) is 12.3 Å². The number of rotatable bonds is 1.